The van der Waals surface area contributed by atoms with Crippen molar-refractivity contribution < 1.29 is 19.1 Å². The van der Waals surface area contributed by atoms with Crippen LogP contribution in [0.1, 0.15) is 27.2 Å². The lowest BCUT2D eigenvalue weighted by Crippen LogP contribution is -2.36. The SMILES string of the molecule is CCOCCCNC(=O)C(=O)Nc1ccc(OC(C)C)cc1. The number of nitrogens with one attached hydrogen (secondary N) is 2. The second kappa shape index (κ2) is 9.78. The lowest BCUT2D eigenvalue weighted by molar-refractivity contribution is -0.136. The Balaban J connectivity index is 2.35. The Morgan fingerprint density at radius 2 is 1.82 bits per heavy atom. The van der Waals surface area contributed by atoms with Crippen molar-refractivity contribution in [1.29, 1.82) is 0 Å². The molecule has 0 bridgehead atoms. The Morgan fingerprint density at radius 1 is 1.14 bits per heavy atom. The average molecular weight is 308 g/mol. The zero-order valence-corrected chi connectivity index (χ0v) is 13.3. The van der Waals surface area contributed by atoms with Gasteiger partial charge in [0.25, 0.3) is 0 Å². The summed E-state index contributed by atoms with van der Waals surface area (Å²) < 4.78 is 10.6. The Bertz CT molecular complexity index is 472. The quantitative estimate of drug-likeness (QED) is 0.568. The number of ether oxygens (including phenoxy) is 2. The van der Waals surface area contributed by atoms with Crippen LogP contribution in [0.2, 0.25) is 0 Å². The van der Waals surface area contributed by atoms with Crippen LogP contribution in [0.3, 0.4) is 0 Å². The van der Waals surface area contributed by atoms with Crippen molar-refractivity contribution in [3.63, 3.8) is 0 Å². The van der Waals surface area contributed by atoms with E-state index in [1.165, 1.54) is 0 Å². The maximum Gasteiger partial charge on any atom is 0.313 e. The number of rotatable bonds is 8. The largest absolute Gasteiger partial charge is 0.491 e. The summed E-state index contributed by atoms with van der Waals surface area (Å²) in [5.74, 6) is -0.624. The number of amides is 2. The molecule has 6 heteroatoms. The van der Waals surface area contributed by atoms with Gasteiger partial charge in [-0.1, -0.05) is 0 Å². The molecule has 0 atom stereocenters. The van der Waals surface area contributed by atoms with Crippen molar-refractivity contribution in [2.45, 2.75) is 33.3 Å². The van der Waals surface area contributed by atoms with Gasteiger partial charge in [0.2, 0.25) is 0 Å². The molecule has 2 N–H and O–H groups in total. The first kappa shape index (κ1) is 18.0. The van der Waals surface area contributed by atoms with Gasteiger partial charge in [-0.3, -0.25) is 9.59 Å². The maximum atomic E-state index is 11.7. The van der Waals surface area contributed by atoms with Crippen molar-refractivity contribution in [3.8, 4) is 5.75 Å². The van der Waals surface area contributed by atoms with Crippen LogP contribution in [0.25, 0.3) is 0 Å². The van der Waals surface area contributed by atoms with Crippen LogP contribution in [-0.4, -0.2) is 37.7 Å². The molecule has 2 amide bonds. The molecule has 1 aromatic rings. The molecule has 0 saturated carbocycles. The van der Waals surface area contributed by atoms with Crippen molar-refractivity contribution >= 4 is 17.5 Å². The fraction of sp³-hybridized carbons (Fsp3) is 0.500. The Hall–Kier alpha value is -2.08. The lowest BCUT2D eigenvalue weighted by Gasteiger charge is -2.10. The molecular weight excluding hydrogens is 284 g/mol. The highest BCUT2D eigenvalue weighted by Gasteiger charge is 2.12. The van der Waals surface area contributed by atoms with E-state index in [4.69, 9.17) is 9.47 Å². The van der Waals surface area contributed by atoms with Gasteiger partial charge in [-0.25, -0.2) is 0 Å². The molecule has 0 spiro atoms. The number of hydrogen-bond acceptors (Lipinski definition) is 4. The number of carbonyl (C=O) groups is 2. The van der Waals surface area contributed by atoms with E-state index in [1.807, 2.05) is 20.8 Å². The van der Waals surface area contributed by atoms with Crippen LogP contribution < -0.4 is 15.4 Å². The first-order valence-electron chi connectivity index (χ1n) is 7.46. The van der Waals surface area contributed by atoms with Gasteiger partial charge < -0.3 is 20.1 Å². The van der Waals surface area contributed by atoms with Gasteiger partial charge in [0.1, 0.15) is 5.75 Å². The molecule has 0 heterocycles. The fourth-order valence-electron chi connectivity index (χ4n) is 1.68. The molecule has 0 aliphatic carbocycles. The highest BCUT2D eigenvalue weighted by atomic mass is 16.5. The smallest absolute Gasteiger partial charge is 0.313 e. The van der Waals surface area contributed by atoms with E-state index in [9.17, 15) is 9.59 Å². The fourth-order valence-corrected chi connectivity index (χ4v) is 1.68. The first-order chi connectivity index (χ1) is 10.5. The zero-order chi connectivity index (χ0) is 16.4. The predicted octanol–water partition coefficient (Wildman–Crippen LogP) is 1.96. The molecular formula is C16H24N2O4. The van der Waals surface area contributed by atoms with Crippen LogP contribution in [0.4, 0.5) is 5.69 Å². The van der Waals surface area contributed by atoms with Crippen LogP contribution >= 0.6 is 0 Å². The first-order valence-corrected chi connectivity index (χ1v) is 7.46. The van der Waals surface area contributed by atoms with Gasteiger partial charge in [-0.05, 0) is 51.5 Å². The van der Waals surface area contributed by atoms with Crippen LogP contribution in [0, 0.1) is 0 Å². The Morgan fingerprint density at radius 3 is 2.41 bits per heavy atom. The third kappa shape index (κ3) is 7.08. The minimum absolute atomic E-state index is 0.0860. The zero-order valence-electron chi connectivity index (χ0n) is 13.3. The number of anilines is 1. The normalized spacial score (nSPS) is 10.4. The third-order valence-electron chi connectivity index (χ3n) is 2.65. The van der Waals surface area contributed by atoms with Crippen molar-refractivity contribution in [1.82, 2.24) is 5.32 Å². The highest BCUT2D eigenvalue weighted by molar-refractivity contribution is 6.39. The van der Waals surface area contributed by atoms with E-state index in [0.29, 0.717) is 37.6 Å². The van der Waals surface area contributed by atoms with Crippen molar-refractivity contribution in [3.05, 3.63) is 24.3 Å². The van der Waals surface area contributed by atoms with E-state index in [1.54, 1.807) is 24.3 Å². The van der Waals surface area contributed by atoms with Crippen LogP contribution in [-0.2, 0) is 14.3 Å². The standard InChI is InChI=1S/C16H24N2O4/c1-4-21-11-5-10-17-15(19)16(20)18-13-6-8-14(9-7-13)22-12(2)3/h6-9,12H,4-5,10-11H2,1-3H3,(H,17,19)(H,18,20). The summed E-state index contributed by atoms with van der Waals surface area (Å²) in [5, 5.41) is 5.08. The second-order valence-electron chi connectivity index (χ2n) is 4.95. The van der Waals surface area contributed by atoms with Gasteiger partial charge in [-0.2, -0.15) is 0 Å². The highest BCUT2D eigenvalue weighted by Crippen LogP contribution is 2.16. The molecule has 0 aliphatic rings. The minimum Gasteiger partial charge on any atom is -0.491 e. The second-order valence-corrected chi connectivity index (χ2v) is 4.95. The van der Waals surface area contributed by atoms with Crippen LogP contribution in [0.15, 0.2) is 24.3 Å². The van der Waals surface area contributed by atoms with E-state index in [2.05, 4.69) is 10.6 Å². The summed E-state index contributed by atoms with van der Waals surface area (Å²) in [4.78, 5) is 23.3. The summed E-state index contributed by atoms with van der Waals surface area (Å²) in [6.45, 7) is 7.40. The number of benzene rings is 1. The molecule has 22 heavy (non-hydrogen) atoms. The lowest BCUT2D eigenvalue weighted by atomic mass is 10.3. The van der Waals surface area contributed by atoms with Crippen molar-refractivity contribution in [2.24, 2.45) is 0 Å². The molecule has 0 saturated heterocycles. The van der Waals surface area contributed by atoms with Gasteiger partial charge in [0.15, 0.2) is 0 Å². The monoisotopic (exact) mass is 308 g/mol. The molecule has 1 rings (SSSR count). The van der Waals surface area contributed by atoms with E-state index in [0.717, 1.165) is 0 Å². The molecule has 0 aliphatic heterocycles. The van der Waals surface area contributed by atoms with E-state index >= 15 is 0 Å². The summed E-state index contributed by atoms with van der Waals surface area (Å²) in [5.41, 5.74) is 0.547. The number of carbonyl (C=O) groups excluding carboxylic acids is 2. The summed E-state index contributed by atoms with van der Waals surface area (Å²) in [7, 11) is 0. The minimum atomic E-state index is -0.686. The van der Waals surface area contributed by atoms with Crippen molar-refractivity contribution in [2.75, 3.05) is 25.1 Å². The van der Waals surface area contributed by atoms with Gasteiger partial charge in [0, 0.05) is 25.4 Å². The molecule has 1 aromatic carbocycles. The predicted molar refractivity (Wildman–Crippen MR) is 85.0 cm³/mol. The Labute approximate surface area is 131 Å². The van der Waals surface area contributed by atoms with Gasteiger partial charge in [0.05, 0.1) is 6.10 Å². The van der Waals surface area contributed by atoms with E-state index < -0.39 is 11.8 Å². The van der Waals surface area contributed by atoms with E-state index in [-0.39, 0.29) is 6.10 Å². The molecule has 0 aromatic heterocycles. The molecule has 6 nitrogen and oxygen atoms in total. The molecule has 0 radical (unpaired) electrons. The topological polar surface area (TPSA) is 76.7 Å². The number of hydrogen-bond donors (Lipinski definition) is 2. The summed E-state index contributed by atoms with van der Waals surface area (Å²) in [6, 6.07) is 6.88. The average Bonchev–Trinajstić information content (AvgIpc) is 2.48. The Kier molecular flexibility index (Phi) is 7.99. The van der Waals surface area contributed by atoms with Gasteiger partial charge in [-0.15, -0.1) is 0 Å². The van der Waals surface area contributed by atoms with Gasteiger partial charge >= 0.3 is 11.8 Å². The molecule has 0 fully saturated rings. The molecule has 122 valence electrons. The summed E-state index contributed by atoms with van der Waals surface area (Å²) >= 11 is 0. The summed E-state index contributed by atoms with van der Waals surface area (Å²) in [6.07, 6.45) is 0.761. The third-order valence-corrected chi connectivity index (χ3v) is 2.65. The van der Waals surface area contributed by atoms with Crippen LogP contribution in [0.5, 0.6) is 5.75 Å². The molecule has 0 unspecified atom stereocenters. The maximum absolute atomic E-state index is 11.7.